The van der Waals surface area contributed by atoms with E-state index in [0.717, 1.165) is 23.8 Å². The number of rotatable bonds is 2. The van der Waals surface area contributed by atoms with Gasteiger partial charge in [0.25, 0.3) is 0 Å². The molecular weight excluding hydrogens is 251 g/mol. The molecule has 2 aliphatic rings. The molecule has 1 aromatic carbocycles. The Morgan fingerprint density at radius 2 is 2.00 bits per heavy atom. The molecule has 2 saturated heterocycles. The smallest absolute Gasteiger partial charge is 0.130 e. The highest BCUT2D eigenvalue weighted by Gasteiger charge is 2.33. The molecule has 1 aromatic rings. The van der Waals surface area contributed by atoms with Gasteiger partial charge in [0.15, 0.2) is 0 Å². The van der Waals surface area contributed by atoms with Gasteiger partial charge in [0.05, 0.1) is 0 Å². The number of benzene rings is 1. The van der Waals surface area contributed by atoms with Crippen LogP contribution in [0.25, 0.3) is 6.08 Å². The fourth-order valence-electron chi connectivity index (χ4n) is 3.05. The average molecular weight is 276 g/mol. The third kappa shape index (κ3) is 3.68. The van der Waals surface area contributed by atoms with Gasteiger partial charge in [0.1, 0.15) is 5.82 Å². The standard InChI is InChI=1S/C10H11F.C7H14N2/c1-3-8-5-6-9(4-2)10(11)7-8;1-9-4-6-2-8-3-7(6)5-9/h4-7H,2-3H2,1H3;6-8H,2-5H2,1H3/t;6-,7+. The van der Waals surface area contributed by atoms with Crippen molar-refractivity contribution in [3.63, 3.8) is 0 Å². The number of hydrogen-bond acceptors (Lipinski definition) is 2. The van der Waals surface area contributed by atoms with Crippen molar-refractivity contribution >= 4 is 6.08 Å². The zero-order chi connectivity index (χ0) is 14.5. The van der Waals surface area contributed by atoms with E-state index in [1.54, 1.807) is 12.1 Å². The van der Waals surface area contributed by atoms with Gasteiger partial charge in [-0.1, -0.05) is 31.7 Å². The first-order valence-electron chi connectivity index (χ1n) is 7.44. The lowest BCUT2D eigenvalue weighted by atomic mass is 10.0. The third-order valence-corrected chi connectivity index (χ3v) is 4.27. The summed E-state index contributed by atoms with van der Waals surface area (Å²) in [6, 6.07) is 5.22. The highest BCUT2D eigenvalue weighted by Crippen LogP contribution is 2.24. The molecule has 0 unspecified atom stereocenters. The number of hydrogen-bond donors (Lipinski definition) is 1. The van der Waals surface area contributed by atoms with Crippen LogP contribution < -0.4 is 5.32 Å². The lowest BCUT2D eigenvalue weighted by Gasteiger charge is -2.07. The maximum atomic E-state index is 13.0. The summed E-state index contributed by atoms with van der Waals surface area (Å²) in [5.74, 6) is 1.75. The first-order chi connectivity index (χ1) is 9.63. The third-order valence-electron chi connectivity index (χ3n) is 4.27. The molecule has 3 heteroatoms. The summed E-state index contributed by atoms with van der Waals surface area (Å²) in [5, 5.41) is 3.42. The summed E-state index contributed by atoms with van der Waals surface area (Å²) in [7, 11) is 2.22. The normalized spacial score (nSPS) is 24.9. The van der Waals surface area contributed by atoms with Crippen LogP contribution in [0.4, 0.5) is 4.39 Å². The number of nitrogens with zero attached hydrogens (tertiary/aromatic N) is 1. The van der Waals surface area contributed by atoms with Gasteiger partial charge in [0, 0.05) is 18.7 Å². The van der Waals surface area contributed by atoms with Crippen LogP contribution in [0.3, 0.4) is 0 Å². The Hall–Kier alpha value is -1.19. The SMILES string of the molecule is C=Cc1ccc(CC)cc1F.CN1C[C@H]2CNC[C@H]2C1. The van der Waals surface area contributed by atoms with Crippen LogP contribution in [0.2, 0.25) is 0 Å². The molecule has 1 N–H and O–H groups in total. The fourth-order valence-corrected chi connectivity index (χ4v) is 3.05. The second-order valence-electron chi connectivity index (χ2n) is 5.81. The molecule has 2 fully saturated rings. The van der Waals surface area contributed by atoms with Crippen molar-refractivity contribution in [2.75, 3.05) is 33.2 Å². The first-order valence-corrected chi connectivity index (χ1v) is 7.44. The number of aryl methyl sites for hydroxylation is 1. The summed E-state index contributed by atoms with van der Waals surface area (Å²) in [6.45, 7) is 10.7. The highest BCUT2D eigenvalue weighted by molar-refractivity contribution is 5.48. The Morgan fingerprint density at radius 3 is 2.50 bits per heavy atom. The van der Waals surface area contributed by atoms with E-state index in [9.17, 15) is 4.39 Å². The fraction of sp³-hybridized carbons (Fsp3) is 0.529. The van der Waals surface area contributed by atoms with Crippen LogP contribution in [-0.4, -0.2) is 38.1 Å². The lowest BCUT2D eigenvalue weighted by molar-refractivity contribution is 0.382. The van der Waals surface area contributed by atoms with Crippen LogP contribution in [0.5, 0.6) is 0 Å². The molecule has 2 nitrogen and oxygen atoms in total. The topological polar surface area (TPSA) is 15.3 Å². The number of nitrogens with one attached hydrogen (secondary N) is 1. The van der Waals surface area contributed by atoms with E-state index in [1.165, 1.54) is 32.3 Å². The molecular formula is C17H25FN2. The zero-order valence-electron chi connectivity index (χ0n) is 12.5. The van der Waals surface area contributed by atoms with E-state index in [4.69, 9.17) is 0 Å². The zero-order valence-corrected chi connectivity index (χ0v) is 12.5. The van der Waals surface area contributed by atoms with Crippen molar-refractivity contribution in [3.05, 3.63) is 41.7 Å². The minimum Gasteiger partial charge on any atom is -0.316 e. The van der Waals surface area contributed by atoms with Crippen molar-refractivity contribution in [2.24, 2.45) is 11.8 Å². The predicted octanol–water partition coefficient (Wildman–Crippen LogP) is 2.80. The van der Waals surface area contributed by atoms with Crippen LogP contribution >= 0.6 is 0 Å². The molecule has 0 saturated carbocycles. The lowest BCUT2D eigenvalue weighted by Crippen LogP contribution is -2.21. The van der Waals surface area contributed by atoms with Gasteiger partial charge in [0.2, 0.25) is 0 Å². The predicted molar refractivity (Wildman–Crippen MR) is 83.2 cm³/mol. The molecule has 3 rings (SSSR count). The molecule has 2 atom stereocenters. The molecule has 0 amide bonds. The molecule has 0 aromatic heterocycles. The van der Waals surface area contributed by atoms with Gasteiger partial charge in [-0.15, -0.1) is 0 Å². The Morgan fingerprint density at radius 1 is 1.35 bits per heavy atom. The number of halogens is 1. The molecule has 2 heterocycles. The maximum Gasteiger partial charge on any atom is 0.130 e. The van der Waals surface area contributed by atoms with Crippen LogP contribution in [0.15, 0.2) is 24.8 Å². The largest absolute Gasteiger partial charge is 0.316 e. The molecule has 2 aliphatic heterocycles. The monoisotopic (exact) mass is 276 g/mol. The number of fused-ring (bicyclic) bond motifs is 1. The van der Waals surface area contributed by atoms with E-state index in [2.05, 4.69) is 23.8 Å². The van der Waals surface area contributed by atoms with Gasteiger partial charge in [-0.3, -0.25) is 0 Å². The minimum atomic E-state index is -0.181. The van der Waals surface area contributed by atoms with E-state index < -0.39 is 0 Å². The second-order valence-corrected chi connectivity index (χ2v) is 5.81. The van der Waals surface area contributed by atoms with Crippen molar-refractivity contribution in [1.29, 1.82) is 0 Å². The maximum absolute atomic E-state index is 13.0. The van der Waals surface area contributed by atoms with Gasteiger partial charge < -0.3 is 10.2 Å². The molecule has 0 radical (unpaired) electrons. The van der Waals surface area contributed by atoms with Crippen LogP contribution in [-0.2, 0) is 6.42 Å². The first kappa shape index (κ1) is 15.2. The van der Waals surface area contributed by atoms with Crippen molar-refractivity contribution in [3.8, 4) is 0 Å². The molecule has 0 aliphatic carbocycles. The quantitative estimate of drug-likeness (QED) is 0.893. The van der Waals surface area contributed by atoms with Crippen LogP contribution in [0.1, 0.15) is 18.1 Å². The summed E-state index contributed by atoms with van der Waals surface area (Å²) in [6.07, 6.45) is 2.39. The van der Waals surface area contributed by atoms with Crippen LogP contribution in [0, 0.1) is 17.7 Å². The number of likely N-dealkylation sites (tertiary alicyclic amines) is 1. The Balaban J connectivity index is 0.000000149. The van der Waals surface area contributed by atoms with E-state index in [1.807, 2.05) is 13.0 Å². The summed E-state index contributed by atoms with van der Waals surface area (Å²) in [5.41, 5.74) is 1.59. The Bertz CT molecular complexity index is 446. The van der Waals surface area contributed by atoms with Gasteiger partial charge in [-0.05, 0) is 50.0 Å². The summed E-state index contributed by atoms with van der Waals surface area (Å²) in [4.78, 5) is 2.44. The Labute approximate surface area is 121 Å². The van der Waals surface area contributed by atoms with Crippen molar-refractivity contribution in [1.82, 2.24) is 10.2 Å². The second kappa shape index (κ2) is 7.00. The summed E-state index contributed by atoms with van der Waals surface area (Å²) >= 11 is 0. The van der Waals surface area contributed by atoms with Crippen molar-refractivity contribution < 1.29 is 4.39 Å². The van der Waals surface area contributed by atoms with E-state index in [0.29, 0.717) is 5.56 Å². The van der Waals surface area contributed by atoms with E-state index in [-0.39, 0.29) is 5.82 Å². The van der Waals surface area contributed by atoms with Gasteiger partial charge in [-0.2, -0.15) is 0 Å². The highest BCUT2D eigenvalue weighted by atomic mass is 19.1. The molecule has 20 heavy (non-hydrogen) atoms. The Kier molecular flexibility index (Phi) is 5.32. The van der Waals surface area contributed by atoms with E-state index >= 15 is 0 Å². The average Bonchev–Trinajstić information content (AvgIpc) is 2.99. The van der Waals surface area contributed by atoms with Gasteiger partial charge in [-0.25, -0.2) is 4.39 Å². The molecule has 110 valence electrons. The molecule has 0 bridgehead atoms. The summed E-state index contributed by atoms with van der Waals surface area (Å²) < 4.78 is 13.0. The van der Waals surface area contributed by atoms with Gasteiger partial charge >= 0.3 is 0 Å². The minimum absolute atomic E-state index is 0.181. The van der Waals surface area contributed by atoms with Crippen molar-refractivity contribution in [2.45, 2.75) is 13.3 Å². The molecule has 0 spiro atoms.